The van der Waals surface area contributed by atoms with Crippen molar-refractivity contribution in [3.8, 4) is 0 Å². The van der Waals surface area contributed by atoms with Crippen LogP contribution in [0.2, 0.25) is 0 Å². The van der Waals surface area contributed by atoms with Crippen molar-refractivity contribution in [2.24, 2.45) is 0 Å². The van der Waals surface area contributed by atoms with Gasteiger partial charge in [-0.05, 0) is 6.92 Å². The van der Waals surface area contributed by atoms with Gasteiger partial charge in [-0.25, -0.2) is 4.79 Å². The second-order valence-electron chi connectivity index (χ2n) is 1.58. The molecule has 0 fully saturated rings. The number of hydrogen-bond donors (Lipinski definition) is 1. The third-order valence-electron chi connectivity index (χ3n) is 1.00. The summed E-state index contributed by atoms with van der Waals surface area (Å²) in [6.45, 7) is 2.42. The van der Waals surface area contributed by atoms with Gasteiger partial charge in [0.25, 0.3) is 0 Å². The van der Waals surface area contributed by atoms with Crippen molar-refractivity contribution in [1.82, 2.24) is 10.2 Å². The smallest absolute Gasteiger partial charge is 0.323 e. The molecule has 9 heavy (non-hydrogen) atoms. The number of amides is 3. The molecule has 0 aliphatic rings. The Kier molecular flexibility index (Phi) is 3.43. The van der Waals surface area contributed by atoms with Crippen LogP contribution in [-0.4, -0.2) is 30.9 Å². The van der Waals surface area contributed by atoms with Gasteiger partial charge < -0.3 is 4.90 Å². The summed E-state index contributed by atoms with van der Waals surface area (Å²) in [6, 6.07) is -0.368. The first-order valence-corrected chi connectivity index (χ1v) is 2.67. The van der Waals surface area contributed by atoms with E-state index in [1.54, 1.807) is 7.05 Å². The van der Waals surface area contributed by atoms with Crippen LogP contribution in [0.15, 0.2) is 0 Å². The summed E-state index contributed by atoms with van der Waals surface area (Å²) in [5, 5.41) is 2.00. The molecule has 0 aliphatic heterocycles. The van der Waals surface area contributed by atoms with E-state index in [4.69, 9.17) is 0 Å². The van der Waals surface area contributed by atoms with Crippen LogP contribution in [0.25, 0.3) is 0 Å². The maximum absolute atomic E-state index is 10.6. The van der Waals surface area contributed by atoms with Crippen LogP contribution in [0.1, 0.15) is 6.92 Å². The first-order valence-electron chi connectivity index (χ1n) is 2.67. The Balaban J connectivity index is 3.58. The molecular weight excluding hydrogens is 120 g/mol. The van der Waals surface area contributed by atoms with E-state index in [1.165, 1.54) is 4.90 Å². The monoisotopic (exact) mass is 130 g/mol. The Labute approximate surface area is 53.8 Å². The van der Waals surface area contributed by atoms with Gasteiger partial charge in [-0.2, -0.15) is 0 Å². The van der Waals surface area contributed by atoms with Gasteiger partial charge in [-0.3, -0.25) is 10.1 Å². The highest BCUT2D eigenvalue weighted by Crippen LogP contribution is 1.78. The SMILES string of the molecule is CCN(C)C(=O)NC=O. The van der Waals surface area contributed by atoms with Gasteiger partial charge in [0, 0.05) is 13.6 Å². The van der Waals surface area contributed by atoms with Crippen molar-refractivity contribution >= 4 is 12.4 Å². The van der Waals surface area contributed by atoms with Crippen LogP contribution in [0.4, 0.5) is 4.79 Å². The molecule has 0 heterocycles. The molecule has 0 radical (unpaired) electrons. The summed E-state index contributed by atoms with van der Waals surface area (Å²) in [5.74, 6) is 0. The lowest BCUT2D eigenvalue weighted by atomic mass is 10.6. The minimum Gasteiger partial charge on any atom is -0.328 e. The molecule has 4 nitrogen and oxygen atoms in total. The van der Waals surface area contributed by atoms with Gasteiger partial charge in [-0.1, -0.05) is 0 Å². The minimum absolute atomic E-state index is 0.368. The predicted molar refractivity (Wildman–Crippen MR) is 32.9 cm³/mol. The third kappa shape index (κ3) is 2.69. The molecule has 0 saturated heterocycles. The highest BCUT2D eigenvalue weighted by atomic mass is 16.2. The average Bonchev–Trinajstić information content (AvgIpc) is 1.87. The number of nitrogens with one attached hydrogen (secondary N) is 1. The number of hydrogen-bond acceptors (Lipinski definition) is 2. The van der Waals surface area contributed by atoms with Crippen LogP contribution in [0.5, 0.6) is 0 Å². The quantitative estimate of drug-likeness (QED) is 0.526. The molecular formula is C5H10N2O2. The molecule has 3 amide bonds. The number of rotatable bonds is 2. The average molecular weight is 130 g/mol. The summed E-state index contributed by atoms with van der Waals surface area (Å²) >= 11 is 0. The lowest BCUT2D eigenvalue weighted by molar-refractivity contribution is -0.108. The van der Waals surface area contributed by atoms with Crippen molar-refractivity contribution < 1.29 is 9.59 Å². The molecule has 0 aromatic rings. The van der Waals surface area contributed by atoms with Gasteiger partial charge >= 0.3 is 6.03 Å². The lowest BCUT2D eigenvalue weighted by Crippen LogP contribution is -2.36. The van der Waals surface area contributed by atoms with Crippen molar-refractivity contribution in [2.45, 2.75) is 6.92 Å². The van der Waals surface area contributed by atoms with Gasteiger partial charge in [0.15, 0.2) is 0 Å². The predicted octanol–water partition coefficient (Wildman–Crippen LogP) is -0.196. The first kappa shape index (κ1) is 7.94. The van der Waals surface area contributed by atoms with Gasteiger partial charge in [0.1, 0.15) is 0 Å². The molecule has 0 bridgehead atoms. The Morgan fingerprint density at radius 3 is 2.67 bits per heavy atom. The van der Waals surface area contributed by atoms with Crippen molar-refractivity contribution in [1.29, 1.82) is 0 Å². The van der Waals surface area contributed by atoms with Crippen molar-refractivity contribution in [3.63, 3.8) is 0 Å². The van der Waals surface area contributed by atoms with Crippen molar-refractivity contribution in [3.05, 3.63) is 0 Å². The second-order valence-corrected chi connectivity index (χ2v) is 1.58. The molecule has 0 atom stereocenters. The first-order chi connectivity index (χ1) is 4.22. The minimum atomic E-state index is -0.368. The van der Waals surface area contributed by atoms with Gasteiger partial charge in [-0.15, -0.1) is 0 Å². The zero-order valence-corrected chi connectivity index (χ0v) is 5.55. The topological polar surface area (TPSA) is 49.4 Å². The van der Waals surface area contributed by atoms with E-state index in [1.807, 2.05) is 12.2 Å². The van der Waals surface area contributed by atoms with E-state index >= 15 is 0 Å². The Morgan fingerprint density at radius 1 is 1.78 bits per heavy atom. The summed E-state index contributed by atoms with van der Waals surface area (Å²) in [6.07, 6.45) is 0.370. The Bertz CT molecular complexity index is 114. The Morgan fingerprint density at radius 2 is 2.33 bits per heavy atom. The second kappa shape index (κ2) is 3.88. The number of carbonyl (C=O) groups is 2. The molecule has 0 aliphatic carbocycles. The summed E-state index contributed by atoms with van der Waals surface area (Å²) < 4.78 is 0. The molecule has 0 saturated carbocycles. The molecule has 1 N–H and O–H groups in total. The highest BCUT2D eigenvalue weighted by Gasteiger charge is 2.01. The van der Waals surface area contributed by atoms with Crippen LogP contribution in [0, 0.1) is 0 Å². The fraction of sp³-hybridized carbons (Fsp3) is 0.600. The van der Waals surface area contributed by atoms with Crippen molar-refractivity contribution in [2.75, 3.05) is 13.6 Å². The number of nitrogens with zero attached hydrogens (tertiary/aromatic N) is 1. The maximum Gasteiger partial charge on any atom is 0.323 e. The summed E-state index contributed by atoms with van der Waals surface area (Å²) in [4.78, 5) is 21.6. The zero-order valence-electron chi connectivity index (χ0n) is 5.55. The van der Waals surface area contributed by atoms with Gasteiger partial charge in [0.05, 0.1) is 0 Å². The third-order valence-corrected chi connectivity index (χ3v) is 1.00. The molecule has 0 rings (SSSR count). The van der Waals surface area contributed by atoms with E-state index < -0.39 is 0 Å². The van der Waals surface area contributed by atoms with E-state index in [9.17, 15) is 9.59 Å². The highest BCUT2D eigenvalue weighted by molar-refractivity contribution is 5.84. The van der Waals surface area contributed by atoms with Crippen LogP contribution < -0.4 is 5.32 Å². The molecule has 0 spiro atoms. The molecule has 52 valence electrons. The fourth-order valence-electron chi connectivity index (χ4n) is 0.304. The molecule has 0 unspecified atom stereocenters. The molecule has 0 aromatic heterocycles. The standard InChI is InChI=1S/C5H10N2O2/c1-3-7(2)5(9)6-4-8/h4H,3H2,1-2H3,(H,6,8,9). The molecule has 0 aromatic carbocycles. The van der Waals surface area contributed by atoms with Crippen LogP contribution in [0.3, 0.4) is 0 Å². The largest absolute Gasteiger partial charge is 0.328 e. The zero-order chi connectivity index (χ0) is 7.28. The van der Waals surface area contributed by atoms with E-state index in [0.717, 1.165) is 0 Å². The lowest BCUT2D eigenvalue weighted by Gasteiger charge is -2.11. The van der Waals surface area contributed by atoms with E-state index in [0.29, 0.717) is 13.0 Å². The van der Waals surface area contributed by atoms with Crippen LogP contribution >= 0.6 is 0 Å². The normalized spacial score (nSPS) is 8.22. The number of imide groups is 1. The maximum atomic E-state index is 10.6. The fourth-order valence-corrected chi connectivity index (χ4v) is 0.304. The Hall–Kier alpha value is -1.06. The van der Waals surface area contributed by atoms with Crippen LogP contribution in [-0.2, 0) is 4.79 Å². The number of carbonyl (C=O) groups excluding carboxylic acids is 2. The summed E-state index contributed by atoms with van der Waals surface area (Å²) in [5.41, 5.74) is 0. The van der Waals surface area contributed by atoms with E-state index in [-0.39, 0.29) is 6.03 Å². The van der Waals surface area contributed by atoms with Gasteiger partial charge in [0.2, 0.25) is 6.41 Å². The van der Waals surface area contributed by atoms with E-state index in [2.05, 4.69) is 0 Å². The number of urea groups is 1. The molecule has 4 heteroatoms. The summed E-state index contributed by atoms with van der Waals surface area (Å²) in [7, 11) is 1.61.